The van der Waals surface area contributed by atoms with Gasteiger partial charge in [0.1, 0.15) is 11.2 Å². The molecule has 0 saturated heterocycles. The van der Waals surface area contributed by atoms with E-state index in [1.807, 2.05) is 12.1 Å². The van der Waals surface area contributed by atoms with Gasteiger partial charge in [-0.2, -0.15) is 0 Å². The van der Waals surface area contributed by atoms with Crippen molar-refractivity contribution < 1.29 is 4.42 Å². The number of benzene rings is 9. The molecule has 10 aromatic rings. The van der Waals surface area contributed by atoms with Crippen molar-refractivity contribution in [1.82, 2.24) is 0 Å². The Balaban J connectivity index is 1.26. The van der Waals surface area contributed by atoms with Crippen LogP contribution in [0.5, 0.6) is 0 Å². The lowest BCUT2D eigenvalue weighted by Gasteiger charge is -2.30. The predicted octanol–water partition coefficient (Wildman–Crippen LogP) is 14.4. The van der Waals surface area contributed by atoms with E-state index in [1.54, 1.807) is 0 Å². The molecule has 0 aliphatic rings. The van der Waals surface area contributed by atoms with E-state index in [-0.39, 0.29) is 0 Å². The molecule has 0 atom stereocenters. The summed E-state index contributed by atoms with van der Waals surface area (Å²) in [4.78, 5) is 2.45. The van der Waals surface area contributed by atoms with Crippen molar-refractivity contribution in [2.24, 2.45) is 0 Å². The van der Waals surface area contributed by atoms with Crippen molar-refractivity contribution >= 4 is 60.5 Å². The molecule has 52 heavy (non-hydrogen) atoms. The lowest BCUT2D eigenvalue weighted by atomic mass is 9.94. The van der Waals surface area contributed by atoms with Gasteiger partial charge in [-0.25, -0.2) is 0 Å². The highest BCUT2D eigenvalue weighted by molar-refractivity contribution is 6.17. The van der Waals surface area contributed by atoms with Crippen LogP contribution >= 0.6 is 0 Å². The molecule has 0 fully saturated rings. The van der Waals surface area contributed by atoms with Gasteiger partial charge in [0.25, 0.3) is 0 Å². The standard InChI is InChI=1S/C50H33NO/c1-4-14-34(15-5-1)38-27-29-48(45(30-38)36-18-8-3-9-19-36)51(47-22-12-10-20-41(47)35-16-6-2-7-17-35)40-28-26-37-24-25-39-31-50-46(33-44(39)43(37)32-40)42-21-11-13-23-49(42)52-50/h1-33H. The first-order valence-corrected chi connectivity index (χ1v) is 17.8. The normalized spacial score (nSPS) is 11.5. The highest BCUT2D eigenvalue weighted by Crippen LogP contribution is 2.47. The summed E-state index contributed by atoms with van der Waals surface area (Å²) < 4.78 is 6.29. The van der Waals surface area contributed by atoms with Crippen molar-refractivity contribution in [3.8, 4) is 33.4 Å². The summed E-state index contributed by atoms with van der Waals surface area (Å²) in [7, 11) is 0. The van der Waals surface area contributed by atoms with Gasteiger partial charge in [0.2, 0.25) is 0 Å². The molecule has 0 aliphatic carbocycles. The first-order chi connectivity index (χ1) is 25.8. The molecule has 10 rings (SSSR count). The van der Waals surface area contributed by atoms with Crippen molar-refractivity contribution in [3.63, 3.8) is 0 Å². The van der Waals surface area contributed by atoms with E-state index in [1.165, 1.54) is 38.4 Å². The Hall–Kier alpha value is -6.90. The number of para-hydroxylation sites is 2. The second kappa shape index (κ2) is 12.5. The summed E-state index contributed by atoms with van der Waals surface area (Å²) >= 11 is 0. The zero-order chi connectivity index (χ0) is 34.4. The minimum absolute atomic E-state index is 0.911. The topological polar surface area (TPSA) is 16.4 Å². The first-order valence-electron chi connectivity index (χ1n) is 17.8. The highest BCUT2D eigenvalue weighted by atomic mass is 16.3. The molecule has 0 saturated carbocycles. The van der Waals surface area contributed by atoms with Crippen molar-refractivity contribution in [1.29, 1.82) is 0 Å². The van der Waals surface area contributed by atoms with Gasteiger partial charge in [0, 0.05) is 27.6 Å². The van der Waals surface area contributed by atoms with Gasteiger partial charge in [-0.05, 0) is 92.3 Å². The van der Waals surface area contributed by atoms with Crippen LogP contribution in [-0.4, -0.2) is 0 Å². The predicted molar refractivity (Wildman–Crippen MR) is 220 cm³/mol. The molecule has 9 aromatic carbocycles. The molecular weight excluding hydrogens is 631 g/mol. The number of hydrogen-bond acceptors (Lipinski definition) is 2. The monoisotopic (exact) mass is 663 g/mol. The van der Waals surface area contributed by atoms with Gasteiger partial charge in [-0.3, -0.25) is 0 Å². The van der Waals surface area contributed by atoms with E-state index < -0.39 is 0 Å². The summed E-state index contributed by atoms with van der Waals surface area (Å²) in [5.41, 5.74) is 12.2. The molecule has 2 heteroatoms. The summed E-state index contributed by atoms with van der Waals surface area (Å²) in [5, 5.41) is 7.03. The van der Waals surface area contributed by atoms with Crippen LogP contribution in [0, 0.1) is 0 Å². The molecule has 0 unspecified atom stereocenters. The van der Waals surface area contributed by atoms with Gasteiger partial charge in [0.15, 0.2) is 0 Å². The van der Waals surface area contributed by atoms with E-state index in [9.17, 15) is 0 Å². The summed E-state index contributed by atoms with van der Waals surface area (Å²) in [6.07, 6.45) is 0. The van der Waals surface area contributed by atoms with Gasteiger partial charge < -0.3 is 9.32 Å². The molecule has 1 aromatic heterocycles. The van der Waals surface area contributed by atoms with Crippen LogP contribution in [0.25, 0.3) is 76.9 Å². The van der Waals surface area contributed by atoms with E-state index >= 15 is 0 Å². The average Bonchev–Trinajstić information content (AvgIpc) is 3.59. The molecule has 0 amide bonds. The maximum absolute atomic E-state index is 6.29. The number of furan rings is 1. The summed E-state index contributed by atoms with van der Waals surface area (Å²) in [6, 6.07) is 71.9. The molecule has 0 radical (unpaired) electrons. The van der Waals surface area contributed by atoms with E-state index in [4.69, 9.17) is 4.42 Å². The Labute approximate surface area is 302 Å². The third kappa shape index (κ3) is 5.12. The fourth-order valence-corrected chi connectivity index (χ4v) is 7.73. The van der Waals surface area contributed by atoms with Crippen LogP contribution in [0.2, 0.25) is 0 Å². The number of nitrogens with zero attached hydrogens (tertiary/aromatic N) is 1. The van der Waals surface area contributed by atoms with Crippen LogP contribution < -0.4 is 4.90 Å². The zero-order valence-corrected chi connectivity index (χ0v) is 28.4. The first kappa shape index (κ1) is 30.0. The highest BCUT2D eigenvalue weighted by Gasteiger charge is 2.22. The zero-order valence-electron chi connectivity index (χ0n) is 28.4. The van der Waals surface area contributed by atoms with Crippen LogP contribution in [0.3, 0.4) is 0 Å². The quantitative estimate of drug-likeness (QED) is 0.165. The van der Waals surface area contributed by atoms with Gasteiger partial charge >= 0.3 is 0 Å². The SMILES string of the molecule is c1ccc(-c2ccc(N(c3ccc4ccc5cc6oc7ccccc7c6cc5c4c3)c3ccccc3-c3ccccc3)c(-c3ccccc3)c2)cc1. The third-order valence-electron chi connectivity index (χ3n) is 10.2. The molecule has 244 valence electrons. The molecule has 0 N–H and O–H groups in total. The van der Waals surface area contributed by atoms with Crippen LogP contribution in [0.4, 0.5) is 17.1 Å². The van der Waals surface area contributed by atoms with Crippen LogP contribution in [0.1, 0.15) is 0 Å². The van der Waals surface area contributed by atoms with Gasteiger partial charge in [-0.1, -0.05) is 152 Å². The number of hydrogen-bond donors (Lipinski definition) is 0. The fraction of sp³-hybridized carbons (Fsp3) is 0. The fourth-order valence-electron chi connectivity index (χ4n) is 7.73. The Morgan fingerprint density at radius 2 is 0.904 bits per heavy atom. The average molecular weight is 664 g/mol. The number of rotatable bonds is 6. The molecule has 0 bridgehead atoms. The minimum atomic E-state index is 0.911. The van der Waals surface area contributed by atoms with Crippen LogP contribution in [-0.2, 0) is 0 Å². The molecular formula is C50H33NO. The molecule has 0 spiro atoms. The van der Waals surface area contributed by atoms with E-state index in [0.717, 1.165) is 55.5 Å². The van der Waals surface area contributed by atoms with Crippen LogP contribution in [0.15, 0.2) is 205 Å². The van der Waals surface area contributed by atoms with Crippen molar-refractivity contribution in [2.75, 3.05) is 4.90 Å². The van der Waals surface area contributed by atoms with E-state index in [2.05, 4.69) is 193 Å². The maximum atomic E-state index is 6.29. The van der Waals surface area contributed by atoms with Gasteiger partial charge in [-0.15, -0.1) is 0 Å². The largest absolute Gasteiger partial charge is 0.456 e. The molecule has 2 nitrogen and oxygen atoms in total. The maximum Gasteiger partial charge on any atom is 0.136 e. The second-order valence-corrected chi connectivity index (χ2v) is 13.3. The Morgan fingerprint density at radius 3 is 1.69 bits per heavy atom. The Bertz CT molecular complexity index is 2890. The molecule has 1 heterocycles. The number of anilines is 3. The third-order valence-corrected chi connectivity index (χ3v) is 10.2. The number of fused-ring (bicyclic) bond motifs is 6. The van der Waals surface area contributed by atoms with Crippen molar-refractivity contribution in [2.45, 2.75) is 0 Å². The summed E-state index contributed by atoms with van der Waals surface area (Å²) in [6.45, 7) is 0. The van der Waals surface area contributed by atoms with Gasteiger partial charge in [0.05, 0.1) is 11.4 Å². The van der Waals surface area contributed by atoms with Crippen molar-refractivity contribution in [3.05, 3.63) is 200 Å². The lowest BCUT2D eigenvalue weighted by molar-refractivity contribution is 0.669. The molecule has 0 aliphatic heterocycles. The Kier molecular flexibility index (Phi) is 7.18. The van der Waals surface area contributed by atoms with E-state index in [0.29, 0.717) is 0 Å². The Morgan fingerprint density at radius 1 is 0.308 bits per heavy atom. The minimum Gasteiger partial charge on any atom is -0.456 e. The smallest absolute Gasteiger partial charge is 0.136 e. The summed E-state index contributed by atoms with van der Waals surface area (Å²) in [5.74, 6) is 0. The second-order valence-electron chi connectivity index (χ2n) is 13.3. The lowest BCUT2D eigenvalue weighted by Crippen LogP contribution is -2.12.